The Kier molecular flexibility index (Phi) is 4.30. The first kappa shape index (κ1) is 13.4. The van der Waals surface area contributed by atoms with Crippen molar-refractivity contribution in [2.75, 3.05) is 6.54 Å². The topological polar surface area (TPSA) is 37.8 Å². The molecule has 2 atom stereocenters. The van der Waals surface area contributed by atoms with Gasteiger partial charge in [0.15, 0.2) is 0 Å². The molecule has 2 rings (SSSR count). The highest BCUT2D eigenvalue weighted by molar-refractivity contribution is 7.16. The van der Waals surface area contributed by atoms with Crippen molar-refractivity contribution in [3.63, 3.8) is 0 Å². The van der Waals surface area contributed by atoms with Crippen LogP contribution in [0.4, 0.5) is 0 Å². The van der Waals surface area contributed by atoms with Crippen molar-refractivity contribution in [1.82, 2.24) is 15.3 Å². The summed E-state index contributed by atoms with van der Waals surface area (Å²) in [6.07, 6.45) is 1.70. The Labute approximate surface area is 113 Å². The summed E-state index contributed by atoms with van der Waals surface area (Å²) < 4.78 is 0. The number of thiophene rings is 1. The van der Waals surface area contributed by atoms with Gasteiger partial charge in [-0.1, -0.05) is 20.8 Å². The Morgan fingerprint density at radius 3 is 2.72 bits per heavy atom. The maximum atomic E-state index is 4.56. The molecule has 0 bridgehead atoms. The minimum Gasteiger partial charge on any atom is -0.314 e. The van der Waals surface area contributed by atoms with Crippen LogP contribution in [0.5, 0.6) is 0 Å². The van der Waals surface area contributed by atoms with Crippen LogP contribution >= 0.6 is 11.3 Å². The molecule has 0 aliphatic heterocycles. The maximum Gasteiger partial charge on any atom is 0.126 e. The standard InChI is InChI=1S/C14H21N3S/c1-5-15-10(4)12(9(2)3)13-11-6-7-18-14(11)17-8-16-13/h6-10,12,15H,5H2,1-4H3. The zero-order valence-corrected chi connectivity index (χ0v) is 12.3. The molecular weight excluding hydrogens is 242 g/mol. The normalized spacial score (nSPS) is 15.2. The molecule has 2 heterocycles. The summed E-state index contributed by atoms with van der Waals surface area (Å²) in [5.41, 5.74) is 1.18. The predicted molar refractivity (Wildman–Crippen MR) is 78.1 cm³/mol. The SMILES string of the molecule is CCNC(C)C(c1ncnc2sccc12)C(C)C. The molecule has 0 aliphatic carbocycles. The Balaban J connectivity index is 2.44. The van der Waals surface area contributed by atoms with E-state index in [1.807, 2.05) is 0 Å². The quantitative estimate of drug-likeness (QED) is 0.898. The minimum absolute atomic E-state index is 0.421. The number of fused-ring (bicyclic) bond motifs is 1. The molecule has 0 amide bonds. The zero-order valence-electron chi connectivity index (χ0n) is 11.5. The fourth-order valence-electron chi connectivity index (χ4n) is 2.65. The van der Waals surface area contributed by atoms with E-state index >= 15 is 0 Å². The highest BCUT2D eigenvalue weighted by Crippen LogP contribution is 2.32. The van der Waals surface area contributed by atoms with E-state index in [1.54, 1.807) is 17.7 Å². The van der Waals surface area contributed by atoms with Crippen molar-refractivity contribution >= 4 is 21.6 Å². The van der Waals surface area contributed by atoms with Gasteiger partial charge in [0.2, 0.25) is 0 Å². The van der Waals surface area contributed by atoms with Gasteiger partial charge < -0.3 is 5.32 Å². The lowest BCUT2D eigenvalue weighted by Gasteiger charge is -2.28. The molecular formula is C14H21N3S. The van der Waals surface area contributed by atoms with Crippen molar-refractivity contribution in [3.8, 4) is 0 Å². The molecule has 2 unspecified atom stereocenters. The first-order valence-electron chi connectivity index (χ1n) is 6.56. The minimum atomic E-state index is 0.421. The van der Waals surface area contributed by atoms with Gasteiger partial charge in [-0.3, -0.25) is 0 Å². The number of hydrogen-bond acceptors (Lipinski definition) is 4. The zero-order chi connectivity index (χ0) is 13.1. The van der Waals surface area contributed by atoms with Crippen molar-refractivity contribution < 1.29 is 0 Å². The molecule has 3 nitrogen and oxygen atoms in total. The average molecular weight is 263 g/mol. The van der Waals surface area contributed by atoms with E-state index in [9.17, 15) is 0 Å². The van der Waals surface area contributed by atoms with Crippen LogP contribution < -0.4 is 5.32 Å². The van der Waals surface area contributed by atoms with E-state index in [4.69, 9.17) is 0 Å². The van der Waals surface area contributed by atoms with Gasteiger partial charge in [-0.2, -0.15) is 0 Å². The second kappa shape index (κ2) is 5.76. The molecule has 1 N–H and O–H groups in total. The summed E-state index contributed by atoms with van der Waals surface area (Å²) >= 11 is 1.68. The van der Waals surface area contributed by atoms with Gasteiger partial charge in [0.25, 0.3) is 0 Å². The van der Waals surface area contributed by atoms with Crippen LogP contribution in [0.25, 0.3) is 10.2 Å². The van der Waals surface area contributed by atoms with E-state index in [0.717, 1.165) is 11.4 Å². The van der Waals surface area contributed by atoms with Crippen molar-refractivity contribution in [1.29, 1.82) is 0 Å². The highest BCUT2D eigenvalue weighted by atomic mass is 32.1. The monoisotopic (exact) mass is 263 g/mol. The largest absolute Gasteiger partial charge is 0.314 e. The fourth-order valence-corrected chi connectivity index (χ4v) is 3.39. The van der Waals surface area contributed by atoms with Gasteiger partial charge in [-0.25, -0.2) is 9.97 Å². The lowest BCUT2D eigenvalue weighted by atomic mass is 9.85. The molecule has 0 aromatic carbocycles. The lowest BCUT2D eigenvalue weighted by molar-refractivity contribution is 0.378. The Morgan fingerprint density at radius 2 is 2.06 bits per heavy atom. The molecule has 4 heteroatoms. The van der Waals surface area contributed by atoms with Gasteiger partial charge in [-0.15, -0.1) is 11.3 Å². The fraction of sp³-hybridized carbons (Fsp3) is 0.571. The predicted octanol–water partition coefficient (Wildman–Crippen LogP) is 3.43. The van der Waals surface area contributed by atoms with Crippen LogP contribution in [0.2, 0.25) is 0 Å². The second-order valence-electron chi connectivity index (χ2n) is 5.01. The second-order valence-corrected chi connectivity index (χ2v) is 5.91. The summed E-state index contributed by atoms with van der Waals surface area (Å²) in [5, 5.41) is 6.83. The van der Waals surface area contributed by atoms with Crippen LogP contribution in [0.1, 0.15) is 39.3 Å². The molecule has 98 valence electrons. The Morgan fingerprint density at radius 1 is 1.28 bits per heavy atom. The lowest BCUT2D eigenvalue weighted by Crippen LogP contribution is -2.35. The average Bonchev–Trinajstić information content (AvgIpc) is 2.78. The van der Waals surface area contributed by atoms with E-state index < -0.39 is 0 Å². The van der Waals surface area contributed by atoms with Crippen LogP contribution in [0.3, 0.4) is 0 Å². The third-order valence-corrected chi connectivity index (χ3v) is 4.21. The summed E-state index contributed by atoms with van der Waals surface area (Å²) in [6.45, 7) is 9.91. The Hall–Kier alpha value is -1.00. The molecule has 18 heavy (non-hydrogen) atoms. The van der Waals surface area contributed by atoms with Crippen LogP contribution in [-0.2, 0) is 0 Å². The molecule has 0 radical (unpaired) electrons. The first-order chi connectivity index (χ1) is 8.65. The molecule has 2 aromatic rings. The summed E-state index contributed by atoms with van der Waals surface area (Å²) in [7, 11) is 0. The van der Waals surface area contributed by atoms with Crippen molar-refractivity contribution in [3.05, 3.63) is 23.5 Å². The smallest absolute Gasteiger partial charge is 0.126 e. The van der Waals surface area contributed by atoms with Crippen LogP contribution in [-0.4, -0.2) is 22.6 Å². The Bertz CT molecular complexity index is 506. The molecule has 0 fully saturated rings. The van der Waals surface area contributed by atoms with Crippen LogP contribution in [0.15, 0.2) is 17.8 Å². The number of aromatic nitrogens is 2. The van der Waals surface area contributed by atoms with E-state index in [0.29, 0.717) is 17.9 Å². The molecule has 0 spiro atoms. The van der Waals surface area contributed by atoms with Gasteiger partial charge in [-0.05, 0) is 30.8 Å². The van der Waals surface area contributed by atoms with Gasteiger partial charge in [0.1, 0.15) is 11.2 Å². The molecule has 2 aromatic heterocycles. The van der Waals surface area contributed by atoms with E-state index in [1.165, 1.54) is 11.1 Å². The first-order valence-corrected chi connectivity index (χ1v) is 7.44. The molecule has 0 saturated carbocycles. The summed E-state index contributed by atoms with van der Waals surface area (Å²) in [4.78, 5) is 9.99. The highest BCUT2D eigenvalue weighted by Gasteiger charge is 2.25. The number of nitrogens with one attached hydrogen (secondary N) is 1. The van der Waals surface area contributed by atoms with E-state index in [-0.39, 0.29) is 0 Å². The number of nitrogens with zero attached hydrogens (tertiary/aromatic N) is 2. The number of likely N-dealkylation sites (N-methyl/N-ethyl adjacent to an activating group) is 1. The summed E-state index contributed by atoms with van der Waals surface area (Å²) in [5.74, 6) is 0.974. The van der Waals surface area contributed by atoms with E-state index in [2.05, 4.69) is 54.4 Å². The van der Waals surface area contributed by atoms with Crippen LogP contribution in [0, 0.1) is 5.92 Å². The third-order valence-electron chi connectivity index (χ3n) is 3.39. The summed E-state index contributed by atoms with van der Waals surface area (Å²) in [6, 6.07) is 2.57. The van der Waals surface area contributed by atoms with Crippen molar-refractivity contribution in [2.24, 2.45) is 5.92 Å². The molecule has 0 aliphatic rings. The number of hydrogen-bond donors (Lipinski definition) is 1. The number of rotatable bonds is 5. The third kappa shape index (κ3) is 2.54. The molecule has 0 saturated heterocycles. The van der Waals surface area contributed by atoms with Gasteiger partial charge >= 0.3 is 0 Å². The maximum absolute atomic E-state index is 4.56. The van der Waals surface area contributed by atoms with Gasteiger partial charge in [0.05, 0.1) is 5.69 Å². The van der Waals surface area contributed by atoms with Gasteiger partial charge in [0, 0.05) is 17.3 Å². The van der Waals surface area contributed by atoms with Crippen molar-refractivity contribution in [2.45, 2.75) is 39.7 Å².